The average molecular weight is 329 g/mol. The zero-order chi connectivity index (χ0) is 13.7. The van der Waals surface area contributed by atoms with Crippen LogP contribution in [0.2, 0.25) is 0 Å². The van der Waals surface area contributed by atoms with Crippen LogP contribution < -0.4 is 10.6 Å². The Kier molecular flexibility index (Phi) is 5.01. The van der Waals surface area contributed by atoms with Gasteiger partial charge in [0.25, 0.3) is 5.91 Å². The fourth-order valence-electron chi connectivity index (χ4n) is 2.22. The molecule has 0 unspecified atom stereocenters. The van der Waals surface area contributed by atoms with Crippen molar-refractivity contribution in [2.45, 2.75) is 25.7 Å². The third-order valence-corrected chi connectivity index (χ3v) is 3.70. The molecule has 6 heteroatoms. The van der Waals surface area contributed by atoms with Gasteiger partial charge in [-0.05, 0) is 46.8 Å². The lowest BCUT2D eigenvalue weighted by molar-refractivity contribution is -0.120. The van der Waals surface area contributed by atoms with Gasteiger partial charge in [0.05, 0.1) is 6.54 Å². The lowest BCUT2D eigenvalue weighted by Gasteiger charge is -2.10. The first-order chi connectivity index (χ1) is 9.15. The fourth-order valence-corrected chi connectivity index (χ4v) is 2.53. The number of hydrogen-bond acceptors (Lipinski definition) is 3. The number of hydrogen-bond donors (Lipinski definition) is 2. The van der Waals surface area contributed by atoms with Crippen LogP contribution >= 0.6 is 15.9 Å². The smallest absolute Gasteiger partial charge is 0.287 e. The summed E-state index contributed by atoms with van der Waals surface area (Å²) in [7, 11) is 0. The second-order valence-corrected chi connectivity index (χ2v) is 5.52. The molecule has 1 aliphatic carbocycles. The van der Waals surface area contributed by atoms with E-state index in [1.165, 1.54) is 25.7 Å². The van der Waals surface area contributed by atoms with Gasteiger partial charge < -0.3 is 15.1 Å². The maximum Gasteiger partial charge on any atom is 0.287 e. The molecule has 0 radical (unpaired) electrons. The molecule has 0 saturated heterocycles. The van der Waals surface area contributed by atoms with Gasteiger partial charge in [-0.15, -0.1) is 0 Å². The van der Waals surface area contributed by atoms with E-state index in [2.05, 4.69) is 26.6 Å². The molecule has 0 spiro atoms. The summed E-state index contributed by atoms with van der Waals surface area (Å²) >= 11 is 3.12. The highest BCUT2D eigenvalue weighted by atomic mass is 79.9. The van der Waals surface area contributed by atoms with Crippen LogP contribution in [0.3, 0.4) is 0 Å². The number of rotatable bonds is 5. The van der Waals surface area contributed by atoms with E-state index in [-0.39, 0.29) is 24.1 Å². The topological polar surface area (TPSA) is 71.3 Å². The number of amides is 2. The van der Waals surface area contributed by atoms with Crippen LogP contribution in [0.4, 0.5) is 0 Å². The summed E-state index contributed by atoms with van der Waals surface area (Å²) in [5.74, 6) is 0.240. The molecule has 5 nitrogen and oxygen atoms in total. The van der Waals surface area contributed by atoms with Crippen LogP contribution in [0.15, 0.2) is 21.2 Å². The van der Waals surface area contributed by atoms with E-state index in [1.54, 1.807) is 12.1 Å². The quantitative estimate of drug-likeness (QED) is 0.869. The Morgan fingerprint density at radius 2 is 2.00 bits per heavy atom. The van der Waals surface area contributed by atoms with Crippen molar-refractivity contribution in [2.24, 2.45) is 5.92 Å². The Balaban J connectivity index is 1.66. The molecular formula is C13H17BrN2O3. The Hall–Kier alpha value is -1.30. The van der Waals surface area contributed by atoms with Gasteiger partial charge in [-0.2, -0.15) is 0 Å². The van der Waals surface area contributed by atoms with E-state index in [1.807, 2.05) is 0 Å². The highest BCUT2D eigenvalue weighted by Crippen LogP contribution is 2.23. The highest BCUT2D eigenvalue weighted by molar-refractivity contribution is 9.10. The van der Waals surface area contributed by atoms with Gasteiger partial charge in [-0.1, -0.05) is 12.8 Å². The van der Waals surface area contributed by atoms with Crippen LogP contribution in [0.25, 0.3) is 0 Å². The SMILES string of the molecule is O=C(CNC(=O)c1ccc(Br)o1)NCC1CCCC1. The minimum Gasteiger partial charge on any atom is -0.444 e. The third kappa shape index (κ3) is 4.38. The molecule has 104 valence electrons. The van der Waals surface area contributed by atoms with Crippen molar-refractivity contribution in [3.8, 4) is 0 Å². The molecule has 2 rings (SSSR count). The Labute approximate surface area is 120 Å². The van der Waals surface area contributed by atoms with Crippen molar-refractivity contribution in [2.75, 3.05) is 13.1 Å². The van der Waals surface area contributed by atoms with Crippen molar-refractivity contribution in [3.63, 3.8) is 0 Å². The van der Waals surface area contributed by atoms with Crippen LogP contribution in [0.5, 0.6) is 0 Å². The van der Waals surface area contributed by atoms with Gasteiger partial charge in [-0.3, -0.25) is 9.59 Å². The van der Waals surface area contributed by atoms with Gasteiger partial charge in [-0.25, -0.2) is 0 Å². The van der Waals surface area contributed by atoms with Crippen molar-refractivity contribution >= 4 is 27.7 Å². The van der Waals surface area contributed by atoms with Crippen molar-refractivity contribution in [3.05, 3.63) is 22.6 Å². The average Bonchev–Trinajstić information content (AvgIpc) is 3.04. The minimum atomic E-state index is -0.387. The molecule has 1 aromatic rings. The zero-order valence-electron chi connectivity index (χ0n) is 10.6. The van der Waals surface area contributed by atoms with E-state index in [0.29, 0.717) is 17.1 Å². The molecule has 0 aliphatic heterocycles. The maximum atomic E-state index is 11.6. The molecule has 2 amide bonds. The van der Waals surface area contributed by atoms with Crippen molar-refractivity contribution < 1.29 is 14.0 Å². The number of nitrogens with one attached hydrogen (secondary N) is 2. The molecule has 1 heterocycles. The number of carbonyl (C=O) groups excluding carboxylic acids is 2. The Bertz CT molecular complexity index is 452. The molecule has 0 bridgehead atoms. The van der Waals surface area contributed by atoms with Gasteiger partial charge in [0.15, 0.2) is 10.4 Å². The normalized spacial score (nSPS) is 15.4. The fraction of sp³-hybridized carbons (Fsp3) is 0.538. The van der Waals surface area contributed by atoms with E-state index in [9.17, 15) is 9.59 Å². The molecule has 19 heavy (non-hydrogen) atoms. The summed E-state index contributed by atoms with van der Waals surface area (Å²) in [6, 6.07) is 3.19. The molecule has 0 aromatic carbocycles. The second-order valence-electron chi connectivity index (χ2n) is 4.74. The third-order valence-electron chi connectivity index (χ3n) is 3.27. The second kappa shape index (κ2) is 6.75. The van der Waals surface area contributed by atoms with E-state index < -0.39 is 0 Å². The van der Waals surface area contributed by atoms with Gasteiger partial charge in [0.1, 0.15) is 0 Å². The molecule has 2 N–H and O–H groups in total. The first-order valence-electron chi connectivity index (χ1n) is 6.45. The summed E-state index contributed by atoms with van der Waals surface area (Å²) in [5.41, 5.74) is 0. The Morgan fingerprint density at radius 3 is 2.63 bits per heavy atom. The number of carbonyl (C=O) groups is 2. The zero-order valence-corrected chi connectivity index (χ0v) is 12.2. The molecule has 1 fully saturated rings. The predicted molar refractivity (Wildman–Crippen MR) is 73.7 cm³/mol. The highest BCUT2D eigenvalue weighted by Gasteiger charge is 2.16. The van der Waals surface area contributed by atoms with E-state index >= 15 is 0 Å². The lowest BCUT2D eigenvalue weighted by Crippen LogP contribution is -2.38. The molecule has 1 saturated carbocycles. The standard InChI is InChI=1S/C13H17BrN2O3/c14-11-6-5-10(19-11)13(18)16-8-12(17)15-7-9-3-1-2-4-9/h5-6,9H,1-4,7-8H2,(H,15,17)(H,16,18). The minimum absolute atomic E-state index is 0.0239. The summed E-state index contributed by atoms with van der Waals surface area (Å²) in [5, 5.41) is 5.36. The monoisotopic (exact) mass is 328 g/mol. The summed E-state index contributed by atoms with van der Waals surface area (Å²) in [4.78, 5) is 23.2. The van der Waals surface area contributed by atoms with Gasteiger partial charge >= 0.3 is 0 Å². The summed E-state index contributed by atoms with van der Waals surface area (Å²) < 4.78 is 5.58. The predicted octanol–water partition coefficient (Wildman–Crippen LogP) is 2.08. The van der Waals surface area contributed by atoms with Crippen molar-refractivity contribution in [1.82, 2.24) is 10.6 Å². The van der Waals surface area contributed by atoms with E-state index in [0.717, 1.165) is 0 Å². The largest absolute Gasteiger partial charge is 0.444 e. The molecule has 1 aromatic heterocycles. The van der Waals surface area contributed by atoms with Crippen LogP contribution in [0.1, 0.15) is 36.2 Å². The van der Waals surface area contributed by atoms with Crippen LogP contribution in [-0.4, -0.2) is 24.9 Å². The summed E-state index contributed by atoms with van der Waals surface area (Å²) in [6.45, 7) is 0.685. The van der Waals surface area contributed by atoms with Crippen molar-refractivity contribution in [1.29, 1.82) is 0 Å². The maximum absolute atomic E-state index is 11.6. The first kappa shape index (κ1) is 14.1. The van der Waals surface area contributed by atoms with Gasteiger partial charge in [0.2, 0.25) is 5.91 Å². The Morgan fingerprint density at radius 1 is 1.26 bits per heavy atom. The van der Waals surface area contributed by atoms with Gasteiger partial charge in [0, 0.05) is 6.54 Å². The summed E-state index contributed by atoms with van der Waals surface area (Å²) in [6.07, 6.45) is 4.88. The van der Waals surface area contributed by atoms with Crippen LogP contribution in [0, 0.1) is 5.92 Å². The molecule has 0 atom stereocenters. The molecule has 1 aliphatic rings. The van der Waals surface area contributed by atoms with Crippen LogP contribution in [-0.2, 0) is 4.79 Å². The lowest BCUT2D eigenvalue weighted by atomic mass is 10.1. The first-order valence-corrected chi connectivity index (χ1v) is 7.24. The van der Waals surface area contributed by atoms with E-state index in [4.69, 9.17) is 4.42 Å². The number of furan rings is 1. The number of halogens is 1. The molecular weight excluding hydrogens is 312 g/mol.